The predicted molar refractivity (Wildman–Crippen MR) is 90.6 cm³/mol. The highest BCUT2D eigenvalue weighted by atomic mass is 19.4. The molecule has 0 bridgehead atoms. The average molecular weight is 412 g/mol. The minimum absolute atomic E-state index is 0.226. The van der Waals surface area contributed by atoms with E-state index in [0.717, 1.165) is 25.7 Å². The lowest BCUT2D eigenvalue weighted by molar-refractivity contribution is -0.256. The molecule has 1 saturated carbocycles. The zero-order valence-corrected chi connectivity index (χ0v) is 15.3. The minimum Gasteiger partial charge on any atom is -0.316 e. The van der Waals surface area contributed by atoms with Crippen LogP contribution in [0.5, 0.6) is 0 Å². The van der Waals surface area contributed by atoms with E-state index in [4.69, 9.17) is 0 Å². The molecule has 8 heteroatoms. The quantitative estimate of drug-likeness (QED) is 0.323. The molecule has 0 aromatic heterocycles. The van der Waals surface area contributed by atoms with Gasteiger partial charge in [-0.2, -0.15) is 22.0 Å². The van der Waals surface area contributed by atoms with Crippen LogP contribution >= 0.6 is 0 Å². The molecule has 0 unspecified atom stereocenters. The predicted octanol–water partition coefficient (Wildman–Crippen LogP) is 7.26. The van der Waals surface area contributed by atoms with Crippen molar-refractivity contribution in [3.8, 4) is 0 Å². The molecular formula is C20H23F7O. The van der Waals surface area contributed by atoms with Crippen LogP contribution in [0.3, 0.4) is 0 Å². The summed E-state index contributed by atoms with van der Waals surface area (Å²) in [7, 11) is 0. The monoisotopic (exact) mass is 412 g/mol. The highest BCUT2D eigenvalue weighted by Crippen LogP contribution is 2.38. The van der Waals surface area contributed by atoms with Crippen molar-refractivity contribution < 1.29 is 35.5 Å². The molecule has 1 aliphatic carbocycles. The van der Waals surface area contributed by atoms with Gasteiger partial charge in [0.05, 0.1) is 6.61 Å². The number of rotatable bonds is 8. The molecule has 28 heavy (non-hydrogen) atoms. The Hall–Kier alpha value is -1.57. The van der Waals surface area contributed by atoms with Crippen molar-refractivity contribution in [2.24, 2.45) is 11.8 Å². The van der Waals surface area contributed by atoms with Gasteiger partial charge in [0, 0.05) is 6.42 Å². The van der Waals surface area contributed by atoms with Crippen molar-refractivity contribution in [3.63, 3.8) is 0 Å². The first-order valence-electron chi connectivity index (χ1n) is 9.19. The lowest BCUT2D eigenvalue weighted by atomic mass is 9.78. The third kappa shape index (κ3) is 6.50. The number of hydrogen-bond acceptors (Lipinski definition) is 1. The molecule has 1 aromatic rings. The van der Waals surface area contributed by atoms with Crippen LogP contribution in [0, 0.1) is 23.5 Å². The van der Waals surface area contributed by atoms with E-state index in [9.17, 15) is 30.7 Å². The van der Waals surface area contributed by atoms with E-state index in [1.165, 1.54) is 0 Å². The number of allylic oxidation sites excluding steroid dienone is 1. The molecule has 158 valence electrons. The summed E-state index contributed by atoms with van der Waals surface area (Å²) in [5.41, 5.74) is -2.47. The molecule has 2 rings (SSSR count). The van der Waals surface area contributed by atoms with Gasteiger partial charge in [-0.25, -0.2) is 8.78 Å². The number of alkyl halides is 5. The van der Waals surface area contributed by atoms with Crippen LogP contribution in [-0.2, 0) is 17.5 Å². The molecule has 0 atom stereocenters. The molecular weight excluding hydrogens is 389 g/mol. The molecule has 0 radical (unpaired) electrons. The largest absolute Gasteiger partial charge is 0.422 e. The Balaban J connectivity index is 1.89. The van der Waals surface area contributed by atoms with E-state index in [2.05, 4.69) is 11.3 Å². The van der Waals surface area contributed by atoms with Gasteiger partial charge in [-0.1, -0.05) is 18.9 Å². The second-order valence-electron chi connectivity index (χ2n) is 7.32. The first kappa shape index (κ1) is 22.7. The molecule has 0 saturated heterocycles. The summed E-state index contributed by atoms with van der Waals surface area (Å²) in [6.45, 7) is 2.78. The lowest BCUT2D eigenvalue weighted by Crippen LogP contribution is -2.27. The van der Waals surface area contributed by atoms with Crippen LogP contribution < -0.4 is 0 Å². The number of halogens is 7. The van der Waals surface area contributed by atoms with E-state index in [1.807, 2.05) is 6.08 Å². The van der Waals surface area contributed by atoms with Crippen molar-refractivity contribution in [3.05, 3.63) is 47.5 Å². The summed E-state index contributed by atoms with van der Waals surface area (Å²) in [6, 6.07) is 0.736. The van der Waals surface area contributed by atoms with E-state index in [1.54, 1.807) is 0 Å². The summed E-state index contributed by atoms with van der Waals surface area (Å²) < 4.78 is 97.2. The standard InChI is InChI=1S/C20H23F7O/c1-2-3-4-13-5-7-14(8-6-13)11-19(23,24)28-12-15-9-16(21)18(17(22)10-15)20(25,26)27/h2,9-10,13-14H,1,3-8,11-12H2. The molecule has 0 spiro atoms. The molecule has 0 aliphatic heterocycles. The molecule has 0 amide bonds. The van der Waals surface area contributed by atoms with Gasteiger partial charge in [-0.05, 0) is 55.2 Å². The summed E-state index contributed by atoms with van der Waals surface area (Å²) in [6.07, 6.45) is -2.53. The molecule has 1 aliphatic rings. The fraction of sp³-hybridized carbons (Fsp3) is 0.600. The molecule has 0 N–H and O–H groups in total. The van der Waals surface area contributed by atoms with Gasteiger partial charge in [-0.15, -0.1) is 6.58 Å². The second kappa shape index (κ2) is 9.29. The Bertz CT molecular complexity index is 638. The third-order valence-corrected chi connectivity index (χ3v) is 5.11. The van der Waals surface area contributed by atoms with Crippen LogP contribution in [0.2, 0.25) is 0 Å². The van der Waals surface area contributed by atoms with Gasteiger partial charge >= 0.3 is 12.3 Å². The molecule has 0 heterocycles. The van der Waals surface area contributed by atoms with Gasteiger partial charge < -0.3 is 4.74 Å². The zero-order chi connectivity index (χ0) is 20.9. The van der Waals surface area contributed by atoms with Gasteiger partial charge in [0.15, 0.2) is 0 Å². The van der Waals surface area contributed by atoms with Gasteiger partial charge in [0.2, 0.25) is 0 Å². The summed E-state index contributed by atoms with van der Waals surface area (Å²) >= 11 is 0. The number of ether oxygens (including phenoxy) is 1. The van der Waals surface area contributed by atoms with Crippen LogP contribution in [-0.4, -0.2) is 6.11 Å². The van der Waals surface area contributed by atoms with Crippen LogP contribution in [0.15, 0.2) is 24.8 Å². The van der Waals surface area contributed by atoms with Crippen molar-refractivity contribution in [2.45, 2.75) is 63.8 Å². The fourth-order valence-corrected chi connectivity index (χ4v) is 3.64. The van der Waals surface area contributed by atoms with Crippen LogP contribution in [0.25, 0.3) is 0 Å². The van der Waals surface area contributed by atoms with Crippen molar-refractivity contribution in [1.82, 2.24) is 0 Å². The van der Waals surface area contributed by atoms with E-state index in [0.29, 0.717) is 30.9 Å². The Kier molecular flexibility index (Phi) is 7.53. The van der Waals surface area contributed by atoms with E-state index >= 15 is 0 Å². The topological polar surface area (TPSA) is 9.23 Å². The maximum absolute atomic E-state index is 14.1. The molecule has 1 nitrogen and oxygen atoms in total. The SMILES string of the molecule is C=CCCC1CCC(CC(F)(F)OCc2cc(F)c(C(F)(F)F)c(F)c2)CC1. The summed E-state index contributed by atoms with van der Waals surface area (Å²) in [4.78, 5) is 0. The van der Waals surface area contributed by atoms with Crippen molar-refractivity contribution in [1.29, 1.82) is 0 Å². The maximum Gasteiger partial charge on any atom is 0.422 e. The van der Waals surface area contributed by atoms with Gasteiger partial charge in [0.1, 0.15) is 17.2 Å². The van der Waals surface area contributed by atoms with E-state index < -0.39 is 48.1 Å². The zero-order valence-electron chi connectivity index (χ0n) is 15.3. The summed E-state index contributed by atoms with van der Waals surface area (Å²) in [5.74, 6) is -3.43. The first-order chi connectivity index (χ1) is 13.0. The van der Waals surface area contributed by atoms with Gasteiger partial charge in [0.25, 0.3) is 0 Å². The maximum atomic E-state index is 14.1. The third-order valence-electron chi connectivity index (χ3n) is 5.11. The lowest BCUT2D eigenvalue weighted by Gasteiger charge is -2.30. The summed E-state index contributed by atoms with van der Waals surface area (Å²) in [5, 5.41) is 0. The number of hydrogen-bond donors (Lipinski definition) is 0. The average Bonchev–Trinajstić information content (AvgIpc) is 2.57. The Morgan fingerprint density at radius 2 is 1.50 bits per heavy atom. The van der Waals surface area contributed by atoms with E-state index in [-0.39, 0.29) is 5.92 Å². The Labute approximate surface area is 159 Å². The minimum atomic E-state index is -5.21. The van der Waals surface area contributed by atoms with Crippen molar-refractivity contribution in [2.75, 3.05) is 0 Å². The normalized spacial score (nSPS) is 21.0. The highest BCUT2D eigenvalue weighted by molar-refractivity contribution is 5.28. The van der Waals surface area contributed by atoms with Crippen molar-refractivity contribution >= 4 is 0 Å². The molecule has 1 fully saturated rings. The van der Waals surface area contributed by atoms with Crippen LogP contribution in [0.1, 0.15) is 56.1 Å². The number of benzene rings is 1. The van der Waals surface area contributed by atoms with Crippen LogP contribution in [0.4, 0.5) is 30.7 Å². The Morgan fingerprint density at radius 1 is 0.964 bits per heavy atom. The smallest absolute Gasteiger partial charge is 0.316 e. The first-order valence-corrected chi connectivity index (χ1v) is 9.19. The highest BCUT2D eigenvalue weighted by Gasteiger charge is 2.39. The second-order valence-corrected chi connectivity index (χ2v) is 7.32. The van der Waals surface area contributed by atoms with Gasteiger partial charge in [-0.3, -0.25) is 0 Å². The fourth-order valence-electron chi connectivity index (χ4n) is 3.64. The molecule has 1 aromatic carbocycles. The Morgan fingerprint density at radius 3 is 2.00 bits per heavy atom.